The molecule has 0 aromatic carbocycles. The van der Waals surface area contributed by atoms with E-state index in [0.29, 0.717) is 13.2 Å². The zero-order valence-electron chi connectivity index (χ0n) is 7.95. The summed E-state index contributed by atoms with van der Waals surface area (Å²) in [5.74, 6) is -0.854. The Morgan fingerprint density at radius 3 is 2.00 bits per heavy atom. The average molecular weight is 182 g/mol. The highest BCUT2D eigenvalue weighted by molar-refractivity contribution is 6.00. The van der Waals surface area contributed by atoms with Crippen LogP contribution < -0.4 is 0 Å². The normalized spacial score (nSPS) is 19.4. The van der Waals surface area contributed by atoms with Gasteiger partial charge in [-0.25, -0.2) is 0 Å². The second-order valence-electron chi connectivity index (χ2n) is 2.66. The van der Waals surface area contributed by atoms with E-state index in [4.69, 9.17) is 9.47 Å². The quantitative estimate of drug-likeness (QED) is 0.617. The Bertz CT molecular complexity index is 217. The number of hydrogen-bond donors (Lipinski definition) is 0. The van der Waals surface area contributed by atoms with Crippen LogP contribution >= 0.6 is 0 Å². The van der Waals surface area contributed by atoms with E-state index in [2.05, 4.69) is 0 Å². The minimum Gasteiger partial charge on any atom is -0.343 e. The molecule has 0 bridgehead atoms. The van der Waals surface area contributed by atoms with Gasteiger partial charge in [0, 0.05) is 13.2 Å². The fourth-order valence-electron chi connectivity index (χ4n) is 1.19. The van der Waals surface area contributed by atoms with Crippen molar-refractivity contribution in [3.63, 3.8) is 0 Å². The SMILES string of the molecule is CCOC1(OCC)C=CC(=O)C=C1. The Morgan fingerprint density at radius 1 is 1.15 bits per heavy atom. The predicted octanol–water partition coefficient (Wildman–Crippen LogP) is 1.45. The van der Waals surface area contributed by atoms with Gasteiger partial charge in [-0.1, -0.05) is 0 Å². The van der Waals surface area contributed by atoms with E-state index >= 15 is 0 Å². The van der Waals surface area contributed by atoms with E-state index in [1.165, 1.54) is 12.2 Å². The van der Waals surface area contributed by atoms with Crippen LogP contribution in [-0.2, 0) is 14.3 Å². The molecule has 0 amide bonds. The molecule has 1 aliphatic carbocycles. The first kappa shape index (κ1) is 10.2. The molecule has 1 aliphatic rings. The van der Waals surface area contributed by atoms with Crippen LogP contribution in [0.1, 0.15) is 13.8 Å². The lowest BCUT2D eigenvalue weighted by atomic mass is 10.1. The van der Waals surface area contributed by atoms with Gasteiger partial charge in [0.05, 0.1) is 0 Å². The summed E-state index contributed by atoms with van der Waals surface area (Å²) in [7, 11) is 0. The van der Waals surface area contributed by atoms with Crippen molar-refractivity contribution in [3.05, 3.63) is 24.3 Å². The third kappa shape index (κ3) is 2.50. The van der Waals surface area contributed by atoms with Crippen molar-refractivity contribution in [2.75, 3.05) is 13.2 Å². The minimum atomic E-state index is -0.822. The van der Waals surface area contributed by atoms with Gasteiger partial charge in [-0.05, 0) is 38.2 Å². The first-order valence-electron chi connectivity index (χ1n) is 4.43. The van der Waals surface area contributed by atoms with Crippen molar-refractivity contribution in [2.24, 2.45) is 0 Å². The standard InChI is InChI=1S/C10H14O3/c1-3-12-10(13-4-2)7-5-9(11)6-8-10/h5-8H,3-4H2,1-2H3. The molecule has 1 rings (SSSR count). The molecule has 3 heteroatoms. The van der Waals surface area contributed by atoms with Crippen molar-refractivity contribution in [1.82, 2.24) is 0 Å². The molecule has 13 heavy (non-hydrogen) atoms. The Kier molecular flexibility index (Phi) is 3.39. The number of hydrogen-bond acceptors (Lipinski definition) is 3. The van der Waals surface area contributed by atoms with Crippen LogP contribution in [0, 0.1) is 0 Å². The molecule has 0 spiro atoms. The van der Waals surface area contributed by atoms with E-state index in [-0.39, 0.29) is 5.78 Å². The van der Waals surface area contributed by atoms with Crippen molar-refractivity contribution < 1.29 is 14.3 Å². The molecule has 0 saturated heterocycles. The van der Waals surface area contributed by atoms with Crippen LogP contribution in [0.5, 0.6) is 0 Å². The minimum absolute atomic E-state index is 0.0324. The van der Waals surface area contributed by atoms with Crippen LogP contribution in [0.15, 0.2) is 24.3 Å². The third-order valence-corrected chi connectivity index (χ3v) is 1.70. The molecule has 0 fully saturated rings. The summed E-state index contributed by atoms with van der Waals surface area (Å²) in [6, 6.07) is 0. The molecule has 0 radical (unpaired) electrons. The van der Waals surface area contributed by atoms with Gasteiger partial charge in [0.25, 0.3) is 0 Å². The highest BCUT2D eigenvalue weighted by Gasteiger charge is 2.27. The second kappa shape index (κ2) is 4.35. The lowest BCUT2D eigenvalue weighted by Gasteiger charge is -2.28. The molecular weight excluding hydrogens is 168 g/mol. The zero-order chi connectivity index (χ0) is 9.73. The number of carbonyl (C=O) groups excluding carboxylic acids is 1. The molecule has 0 unspecified atom stereocenters. The second-order valence-corrected chi connectivity index (χ2v) is 2.66. The van der Waals surface area contributed by atoms with Gasteiger partial charge in [-0.2, -0.15) is 0 Å². The molecule has 0 atom stereocenters. The van der Waals surface area contributed by atoms with Crippen LogP contribution in [0.2, 0.25) is 0 Å². The molecule has 0 saturated carbocycles. The monoisotopic (exact) mass is 182 g/mol. The molecule has 0 aliphatic heterocycles. The average Bonchev–Trinajstić information content (AvgIpc) is 2.11. The van der Waals surface area contributed by atoms with Gasteiger partial charge < -0.3 is 9.47 Å². The van der Waals surface area contributed by atoms with Gasteiger partial charge in [0.1, 0.15) is 0 Å². The van der Waals surface area contributed by atoms with Gasteiger partial charge in [0.2, 0.25) is 5.79 Å². The van der Waals surface area contributed by atoms with Crippen molar-refractivity contribution in [3.8, 4) is 0 Å². The summed E-state index contributed by atoms with van der Waals surface area (Å²) in [6.07, 6.45) is 6.21. The maximum Gasteiger partial charge on any atom is 0.208 e. The van der Waals surface area contributed by atoms with E-state index in [1.54, 1.807) is 12.2 Å². The highest BCUT2D eigenvalue weighted by Crippen LogP contribution is 2.20. The lowest BCUT2D eigenvalue weighted by molar-refractivity contribution is -0.166. The molecular formula is C10H14O3. The number of ketones is 1. The third-order valence-electron chi connectivity index (χ3n) is 1.70. The van der Waals surface area contributed by atoms with Crippen LogP contribution in [0.4, 0.5) is 0 Å². The van der Waals surface area contributed by atoms with Crippen LogP contribution in [0.25, 0.3) is 0 Å². The zero-order valence-corrected chi connectivity index (χ0v) is 7.95. The highest BCUT2D eigenvalue weighted by atomic mass is 16.7. The summed E-state index contributed by atoms with van der Waals surface area (Å²) < 4.78 is 10.8. The van der Waals surface area contributed by atoms with Crippen LogP contribution in [0.3, 0.4) is 0 Å². The Hall–Kier alpha value is -0.930. The molecule has 0 heterocycles. The number of allylic oxidation sites excluding steroid dienone is 2. The fraction of sp³-hybridized carbons (Fsp3) is 0.500. The largest absolute Gasteiger partial charge is 0.343 e. The summed E-state index contributed by atoms with van der Waals surface area (Å²) in [6.45, 7) is 4.86. The molecule has 3 nitrogen and oxygen atoms in total. The first-order chi connectivity index (χ1) is 6.22. The summed E-state index contributed by atoms with van der Waals surface area (Å²) in [4.78, 5) is 10.9. The number of carbonyl (C=O) groups is 1. The number of ether oxygens (including phenoxy) is 2. The van der Waals surface area contributed by atoms with E-state index in [9.17, 15) is 4.79 Å². The first-order valence-corrected chi connectivity index (χ1v) is 4.43. The Labute approximate surface area is 78.0 Å². The smallest absolute Gasteiger partial charge is 0.208 e. The summed E-state index contributed by atoms with van der Waals surface area (Å²) in [5, 5.41) is 0. The summed E-state index contributed by atoms with van der Waals surface area (Å²) in [5.41, 5.74) is 0. The molecule has 0 aromatic heterocycles. The lowest BCUT2D eigenvalue weighted by Crippen LogP contribution is -2.33. The fourth-order valence-corrected chi connectivity index (χ4v) is 1.19. The number of rotatable bonds is 4. The summed E-state index contributed by atoms with van der Waals surface area (Å²) >= 11 is 0. The van der Waals surface area contributed by atoms with Gasteiger partial charge >= 0.3 is 0 Å². The predicted molar refractivity (Wildman–Crippen MR) is 49.3 cm³/mol. The van der Waals surface area contributed by atoms with Gasteiger partial charge in [-0.15, -0.1) is 0 Å². The maximum atomic E-state index is 10.9. The topological polar surface area (TPSA) is 35.5 Å². The maximum absolute atomic E-state index is 10.9. The molecule has 72 valence electrons. The van der Waals surface area contributed by atoms with E-state index in [1.807, 2.05) is 13.8 Å². The Balaban J connectivity index is 2.74. The van der Waals surface area contributed by atoms with Crippen molar-refractivity contribution >= 4 is 5.78 Å². The van der Waals surface area contributed by atoms with E-state index < -0.39 is 5.79 Å². The molecule has 0 aromatic rings. The van der Waals surface area contributed by atoms with Crippen molar-refractivity contribution in [1.29, 1.82) is 0 Å². The van der Waals surface area contributed by atoms with Gasteiger partial charge in [-0.3, -0.25) is 4.79 Å². The Morgan fingerprint density at radius 2 is 1.62 bits per heavy atom. The molecule has 0 N–H and O–H groups in total. The van der Waals surface area contributed by atoms with Crippen LogP contribution in [-0.4, -0.2) is 24.8 Å². The van der Waals surface area contributed by atoms with E-state index in [0.717, 1.165) is 0 Å². The van der Waals surface area contributed by atoms with Crippen molar-refractivity contribution in [2.45, 2.75) is 19.6 Å². The van der Waals surface area contributed by atoms with Gasteiger partial charge in [0.15, 0.2) is 5.78 Å².